The third-order valence-corrected chi connectivity index (χ3v) is 21.9. The Bertz CT molecular complexity index is 1980. The summed E-state index contributed by atoms with van der Waals surface area (Å²) >= 11 is 0. The Balaban J connectivity index is 5.24. The van der Waals surface area contributed by atoms with Gasteiger partial charge in [0.05, 0.1) is 26.4 Å². The van der Waals surface area contributed by atoms with Gasteiger partial charge in [0.1, 0.15) is 19.3 Å². The minimum Gasteiger partial charge on any atom is -0.462 e. The third-order valence-electron chi connectivity index (χ3n) is 20.0. The van der Waals surface area contributed by atoms with Crippen molar-refractivity contribution in [3.63, 3.8) is 0 Å². The number of phosphoric acid groups is 2. The van der Waals surface area contributed by atoms with Crippen molar-refractivity contribution in [3.05, 3.63) is 0 Å². The summed E-state index contributed by atoms with van der Waals surface area (Å²) in [5.74, 6) is -1.30. The predicted octanol–water partition coefficient (Wildman–Crippen LogP) is 26.0. The third kappa shape index (κ3) is 78.2. The van der Waals surface area contributed by atoms with Crippen LogP contribution in [-0.4, -0.2) is 96.7 Å². The van der Waals surface area contributed by atoms with Crippen LogP contribution in [0.25, 0.3) is 0 Å². The van der Waals surface area contributed by atoms with Crippen LogP contribution in [-0.2, 0) is 65.4 Å². The zero-order valence-corrected chi connectivity index (χ0v) is 70.0. The van der Waals surface area contributed by atoms with Gasteiger partial charge in [0.2, 0.25) is 0 Å². The first-order valence-electron chi connectivity index (χ1n) is 44.1. The Morgan fingerprint density at radius 1 is 0.260 bits per heavy atom. The van der Waals surface area contributed by atoms with Crippen molar-refractivity contribution in [2.75, 3.05) is 39.6 Å². The maximum Gasteiger partial charge on any atom is 0.472 e. The van der Waals surface area contributed by atoms with E-state index < -0.39 is 97.5 Å². The fourth-order valence-corrected chi connectivity index (χ4v) is 14.9. The number of phosphoric ester groups is 2. The highest BCUT2D eigenvalue weighted by Gasteiger charge is 2.30. The zero-order valence-electron chi connectivity index (χ0n) is 68.2. The van der Waals surface area contributed by atoms with Crippen LogP contribution < -0.4 is 0 Å². The number of esters is 4. The molecule has 0 aromatic rings. The summed E-state index contributed by atoms with van der Waals surface area (Å²) in [6.45, 7) is 7.38. The van der Waals surface area contributed by atoms with Gasteiger partial charge >= 0.3 is 39.5 Å². The van der Waals surface area contributed by atoms with Crippen molar-refractivity contribution in [2.24, 2.45) is 5.92 Å². The van der Waals surface area contributed by atoms with E-state index in [0.29, 0.717) is 25.7 Å². The molecule has 3 N–H and O–H groups in total. The number of carbonyl (C=O) groups excluding carboxylic acids is 4. The van der Waals surface area contributed by atoms with Crippen LogP contribution in [0, 0.1) is 5.92 Å². The lowest BCUT2D eigenvalue weighted by Gasteiger charge is -2.21. The van der Waals surface area contributed by atoms with Crippen molar-refractivity contribution >= 4 is 39.5 Å². The van der Waals surface area contributed by atoms with E-state index in [4.69, 9.17) is 37.0 Å². The minimum absolute atomic E-state index is 0.109. The van der Waals surface area contributed by atoms with E-state index in [1.807, 2.05) is 0 Å². The summed E-state index contributed by atoms with van der Waals surface area (Å²) < 4.78 is 68.9. The molecule has 0 heterocycles. The molecule has 2 unspecified atom stereocenters. The van der Waals surface area contributed by atoms with E-state index in [0.717, 1.165) is 95.8 Å². The first-order valence-corrected chi connectivity index (χ1v) is 47.1. The number of rotatable bonds is 85. The quantitative estimate of drug-likeness (QED) is 0.0222. The number of carbonyl (C=O) groups is 4. The Labute approximate surface area is 638 Å². The largest absolute Gasteiger partial charge is 0.472 e. The molecular weight excluding hydrogens is 1350 g/mol. The van der Waals surface area contributed by atoms with Crippen LogP contribution in [0.4, 0.5) is 0 Å². The summed E-state index contributed by atoms with van der Waals surface area (Å²) in [4.78, 5) is 73.2. The van der Waals surface area contributed by atoms with E-state index in [9.17, 15) is 43.2 Å². The zero-order chi connectivity index (χ0) is 76.2. The molecule has 0 aromatic heterocycles. The van der Waals surface area contributed by atoms with E-state index in [1.165, 1.54) is 283 Å². The van der Waals surface area contributed by atoms with Gasteiger partial charge in [-0.3, -0.25) is 37.3 Å². The fourth-order valence-electron chi connectivity index (χ4n) is 13.3. The Kier molecular flexibility index (Phi) is 76.3. The molecule has 0 bridgehead atoms. The molecule has 0 saturated carbocycles. The van der Waals surface area contributed by atoms with Crippen molar-refractivity contribution in [3.8, 4) is 0 Å². The van der Waals surface area contributed by atoms with Gasteiger partial charge in [-0.25, -0.2) is 9.13 Å². The second-order valence-electron chi connectivity index (χ2n) is 31.1. The van der Waals surface area contributed by atoms with Crippen LogP contribution in [0.3, 0.4) is 0 Å². The number of hydrogen-bond donors (Lipinski definition) is 3. The normalized spacial score (nSPS) is 13.8. The van der Waals surface area contributed by atoms with E-state index in [1.54, 1.807) is 0 Å². The van der Waals surface area contributed by atoms with Gasteiger partial charge in [-0.1, -0.05) is 407 Å². The molecule has 618 valence electrons. The summed E-state index contributed by atoms with van der Waals surface area (Å²) in [5, 5.41) is 10.7. The molecule has 0 aliphatic heterocycles. The maximum atomic E-state index is 13.1. The monoisotopic (exact) mass is 1520 g/mol. The summed E-state index contributed by atoms with van der Waals surface area (Å²) in [6, 6.07) is 0. The van der Waals surface area contributed by atoms with Crippen LogP contribution >= 0.6 is 15.6 Å². The van der Waals surface area contributed by atoms with Crippen molar-refractivity contribution in [1.29, 1.82) is 0 Å². The van der Waals surface area contributed by atoms with E-state index in [2.05, 4.69) is 34.6 Å². The van der Waals surface area contributed by atoms with Gasteiger partial charge in [0.15, 0.2) is 12.2 Å². The van der Waals surface area contributed by atoms with Gasteiger partial charge < -0.3 is 33.8 Å². The predicted molar refractivity (Wildman–Crippen MR) is 428 cm³/mol. The Hall–Kier alpha value is -1.94. The molecule has 0 rings (SSSR count). The number of unbranched alkanes of at least 4 members (excludes halogenated alkanes) is 57. The van der Waals surface area contributed by atoms with Crippen LogP contribution in [0.1, 0.15) is 458 Å². The summed E-state index contributed by atoms with van der Waals surface area (Å²) in [6.07, 6.45) is 70.7. The molecule has 0 aliphatic carbocycles. The van der Waals surface area contributed by atoms with Gasteiger partial charge in [-0.2, -0.15) is 0 Å². The van der Waals surface area contributed by atoms with Gasteiger partial charge in [0, 0.05) is 25.7 Å². The molecule has 0 saturated heterocycles. The number of aliphatic hydroxyl groups excluding tert-OH is 1. The highest BCUT2D eigenvalue weighted by molar-refractivity contribution is 7.47. The average Bonchev–Trinajstić information content (AvgIpc) is 0.903. The van der Waals surface area contributed by atoms with Gasteiger partial charge in [0.25, 0.3) is 0 Å². The lowest BCUT2D eigenvalue weighted by atomic mass is 10.0. The lowest BCUT2D eigenvalue weighted by molar-refractivity contribution is -0.161. The molecule has 19 heteroatoms. The molecule has 0 aliphatic rings. The molecule has 17 nitrogen and oxygen atoms in total. The average molecular weight is 1520 g/mol. The second kappa shape index (κ2) is 77.8. The fraction of sp³-hybridized carbons (Fsp3) is 0.953. The van der Waals surface area contributed by atoms with Crippen molar-refractivity contribution < 1.29 is 80.2 Å². The first kappa shape index (κ1) is 102. The molecule has 0 amide bonds. The van der Waals surface area contributed by atoms with E-state index in [-0.39, 0.29) is 25.7 Å². The summed E-state index contributed by atoms with van der Waals surface area (Å²) in [5.41, 5.74) is 0. The maximum absolute atomic E-state index is 13.1. The molecule has 0 fully saturated rings. The Morgan fingerprint density at radius 3 is 0.654 bits per heavy atom. The van der Waals surface area contributed by atoms with Crippen molar-refractivity contribution in [1.82, 2.24) is 0 Å². The second-order valence-corrected chi connectivity index (χ2v) is 34.0. The first-order chi connectivity index (χ1) is 50.5. The van der Waals surface area contributed by atoms with Gasteiger partial charge in [-0.15, -0.1) is 0 Å². The SMILES string of the molecule is CCCCCCCCCCCCCCCCCCCCCCC(=O)O[C@H](COC(=O)CCCCCCCCCCCCCCCCC(C)C)COP(=O)(O)OC[C@@H](O)COP(=O)(O)OC[C@@H](COC(=O)CCCCCCCCCCCCC)OC(=O)CCCCCCCCCCCCCCCCCC. The Morgan fingerprint density at radius 2 is 0.442 bits per heavy atom. The molecule has 104 heavy (non-hydrogen) atoms. The lowest BCUT2D eigenvalue weighted by Crippen LogP contribution is -2.30. The highest BCUT2D eigenvalue weighted by atomic mass is 31.2. The minimum atomic E-state index is -4.96. The smallest absolute Gasteiger partial charge is 0.462 e. The standard InChI is InChI=1S/C85H166O17P2/c1-6-9-12-15-18-21-24-26-28-30-31-32-33-35-41-46-51-56-61-66-71-85(90)102-81(75-96-83(88)69-64-59-54-49-44-39-37-36-38-43-47-52-57-62-67-78(4)5)77-100-104(93,94)98-73-79(86)72-97-103(91,92)99-76-80(74-95-82(87)68-63-58-53-48-42-23-20-17-14-11-8-3)101-84(89)70-65-60-55-50-45-40-34-29-27-25-22-19-16-13-10-7-2/h78-81,86H,6-77H2,1-5H3,(H,91,92)(H,93,94)/t79-,80+,81+/m0/s1. The topological polar surface area (TPSA) is 237 Å². The number of hydrogen-bond acceptors (Lipinski definition) is 15. The van der Waals surface area contributed by atoms with Gasteiger partial charge in [-0.05, 0) is 31.6 Å². The molecule has 5 atom stereocenters. The van der Waals surface area contributed by atoms with Crippen LogP contribution in [0.2, 0.25) is 0 Å². The summed E-state index contributed by atoms with van der Waals surface area (Å²) in [7, 11) is -9.92. The molecule has 0 spiro atoms. The number of ether oxygens (including phenoxy) is 4. The molecule has 0 aromatic carbocycles. The number of aliphatic hydroxyl groups is 1. The highest BCUT2D eigenvalue weighted by Crippen LogP contribution is 2.45. The van der Waals surface area contributed by atoms with Crippen LogP contribution in [0.5, 0.6) is 0 Å². The molecule has 0 radical (unpaired) electrons. The van der Waals surface area contributed by atoms with Crippen molar-refractivity contribution in [2.45, 2.75) is 477 Å². The van der Waals surface area contributed by atoms with E-state index >= 15 is 0 Å². The molecular formula is C85H166O17P2. The van der Waals surface area contributed by atoms with Crippen LogP contribution in [0.15, 0.2) is 0 Å².